The van der Waals surface area contributed by atoms with Crippen molar-refractivity contribution in [2.75, 3.05) is 24.6 Å². The lowest BCUT2D eigenvalue weighted by molar-refractivity contribution is 0.0955. The molecule has 1 aliphatic carbocycles. The van der Waals surface area contributed by atoms with Crippen molar-refractivity contribution in [2.45, 2.75) is 25.2 Å². The lowest BCUT2D eigenvalue weighted by Gasteiger charge is -2.09. The van der Waals surface area contributed by atoms with Crippen LogP contribution >= 0.6 is 18.7 Å². The monoisotopic (exact) mass is 413 g/mol. The Hall–Kier alpha value is -2.11. The summed E-state index contributed by atoms with van der Waals surface area (Å²) in [7, 11) is -0.0358. The van der Waals surface area contributed by atoms with E-state index in [0.717, 1.165) is 36.3 Å². The zero-order valence-corrected chi connectivity index (χ0v) is 17.7. The molecule has 0 atom stereocenters. The predicted octanol–water partition coefficient (Wildman–Crippen LogP) is 4.52. The van der Waals surface area contributed by atoms with E-state index in [-0.39, 0.29) is 13.0 Å². The first kappa shape index (κ1) is 19.2. The van der Waals surface area contributed by atoms with Crippen LogP contribution in [0.4, 0.5) is 5.69 Å². The van der Waals surface area contributed by atoms with Crippen LogP contribution in [0, 0.1) is 0 Å². The van der Waals surface area contributed by atoms with Gasteiger partial charge in [-0.3, -0.25) is 4.79 Å². The number of anilines is 1. The summed E-state index contributed by atoms with van der Waals surface area (Å²) in [5, 5.41) is 3.02. The Morgan fingerprint density at radius 2 is 2.04 bits per heavy atom. The number of imidazole rings is 1. The second-order valence-electron chi connectivity index (χ2n) is 7.16. The van der Waals surface area contributed by atoms with E-state index >= 15 is 0 Å². The maximum absolute atomic E-state index is 12.6. The van der Waals surface area contributed by atoms with Crippen molar-refractivity contribution < 1.29 is 4.79 Å². The molecule has 0 unspecified atom stereocenters. The molecule has 0 aliphatic heterocycles. The molecule has 1 amide bonds. The number of carbonyl (C=O) groups excluding carboxylic acids is 1. The number of pyridine rings is 1. The highest BCUT2D eigenvalue weighted by atomic mass is 32.7. The highest BCUT2D eigenvalue weighted by Gasteiger charge is 2.27. The van der Waals surface area contributed by atoms with Gasteiger partial charge in [0.25, 0.3) is 5.91 Å². The molecule has 2 heterocycles. The van der Waals surface area contributed by atoms with E-state index in [1.54, 1.807) is 23.8 Å². The first-order valence-corrected chi connectivity index (χ1v) is 13.1. The molecule has 0 radical (unpaired) electrons. The number of aromatic amines is 1. The number of H-pyrrole nitrogens is 1. The molecule has 0 bridgehead atoms. The minimum atomic E-state index is -0.0904. The van der Waals surface area contributed by atoms with Crippen LogP contribution < -0.4 is 10.0 Å². The summed E-state index contributed by atoms with van der Waals surface area (Å²) in [6, 6.07) is 10.1. The number of benzene rings is 1. The molecular weight excluding hydrogens is 389 g/mol. The predicted molar refractivity (Wildman–Crippen MR) is 118 cm³/mol. The van der Waals surface area contributed by atoms with E-state index < -0.39 is 0 Å². The van der Waals surface area contributed by atoms with E-state index in [0.29, 0.717) is 23.7 Å². The lowest BCUT2D eigenvalue weighted by Crippen LogP contribution is -2.26. The summed E-state index contributed by atoms with van der Waals surface area (Å²) in [5.74, 6) is 1.36. The fourth-order valence-electron chi connectivity index (χ4n) is 2.97. The normalized spacial score (nSPS) is 13.8. The summed E-state index contributed by atoms with van der Waals surface area (Å²) in [6.45, 7) is 5.02. The molecule has 28 heavy (non-hydrogen) atoms. The Labute approximate surface area is 170 Å². The van der Waals surface area contributed by atoms with Gasteiger partial charge in [-0.05, 0) is 75.0 Å². The third kappa shape index (κ3) is 4.65. The minimum absolute atomic E-state index is 0.0358. The molecule has 3 N–H and O–H groups in total. The zero-order valence-electron chi connectivity index (χ0n) is 16.0. The van der Waals surface area contributed by atoms with Gasteiger partial charge in [-0.2, -0.15) is 0 Å². The largest absolute Gasteiger partial charge is 0.352 e. The molecule has 0 saturated heterocycles. The third-order valence-corrected chi connectivity index (χ3v) is 6.68. The van der Waals surface area contributed by atoms with Gasteiger partial charge in [0.15, 0.2) is 5.65 Å². The summed E-state index contributed by atoms with van der Waals surface area (Å²) >= 11 is 1.76. The highest BCUT2D eigenvalue weighted by molar-refractivity contribution is 8.56. The van der Waals surface area contributed by atoms with Gasteiger partial charge in [0, 0.05) is 24.3 Å². The van der Waals surface area contributed by atoms with Gasteiger partial charge in [-0.15, -0.1) is 0 Å². The second-order valence-corrected chi connectivity index (χ2v) is 11.9. The topological polar surface area (TPSA) is 82.7 Å². The van der Waals surface area contributed by atoms with Crippen LogP contribution in [0.25, 0.3) is 11.2 Å². The fraction of sp³-hybridized carbons (Fsp3) is 0.350. The molecule has 1 fully saturated rings. The molecule has 1 aromatic carbocycles. The number of aromatic nitrogens is 3. The lowest BCUT2D eigenvalue weighted by atomic mass is 10.1. The smallest absolute Gasteiger partial charge is 0.253 e. The van der Waals surface area contributed by atoms with Crippen molar-refractivity contribution in [2.24, 2.45) is 0 Å². The summed E-state index contributed by atoms with van der Waals surface area (Å²) < 4.78 is 3.36. The van der Waals surface area contributed by atoms with Crippen molar-refractivity contribution in [1.29, 1.82) is 0 Å². The van der Waals surface area contributed by atoms with Crippen LogP contribution in [0.15, 0.2) is 36.5 Å². The number of amides is 1. The molecule has 3 aromatic rings. The molecule has 0 spiro atoms. The van der Waals surface area contributed by atoms with E-state index in [2.05, 4.69) is 62.6 Å². The summed E-state index contributed by atoms with van der Waals surface area (Å²) in [6.07, 6.45) is 4.76. The summed E-state index contributed by atoms with van der Waals surface area (Å²) in [5.41, 5.74) is 4.28. The minimum Gasteiger partial charge on any atom is -0.352 e. The number of carbonyl (C=O) groups is 1. The standard InChI is InChI=1S/C20H24N5OPS/c1-27(2)28-25-15-7-3-13(4-8-15)9-11-22-20(26)16-10-12-21-19-17(16)23-18(24-19)14-5-6-14/h3-4,7-8,10,12,14,25H,5-6,9,11H2,1-2H3,(H,22,26)(H,21,23,24). The SMILES string of the molecule is CP(C)SNc1ccc(CCNC(=O)c2ccnc3nc(C4CC4)[nH]c23)cc1. The zero-order chi connectivity index (χ0) is 19.5. The van der Waals surface area contributed by atoms with Crippen LogP contribution in [0.2, 0.25) is 0 Å². The highest BCUT2D eigenvalue weighted by Crippen LogP contribution is 2.41. The Balaban J connectivity index is 1.34. The van der Waals surface area contributed by atoms with Crippen molar-refractivity contribution >= 4 is 41.4 Å². The maximum atomic E-state index is 12.6. The first-order valence-electron chi connectivity index (χ1n) is 9.42. The number of nitrogens with zero attached hydrogens (tertiary/aromatic N) is 2. The van der Waals surface area contributed by atoms with E-state index in [1.807, 2.05) is 0 Å². The van der Waals surface area contributed by atoms with Gasteiger partial charge in [0.1, 0.15) is 5.82 Å². The quantitative estimate of drug-likeness (QED) is 0.373. The Bertz CT molecular complexity index is 968. The average Bonchev–Trinajstić information content (AvgIpc) is 3.45. The summed E-state index contributed by atoms with van der Waals surface area (Å²) in [4.78, 5) is 24.8. The fourth-order valence-corrected chi connectivity index (χ4v) is 4.26. The number of hydrogen-bond acceptors (Lipinski definition) is 5. The molecule has 2 aromatic heterocycles. The molecule has 8 heteroatoms. The number of fused-ring (bicyclic) bond motifs is 1. The molecule has 146 valence electrons. The third-order valence-electron chi connectivity index (χ3n) is 4.62. The van der Waals surface area contributed by atoms with Crippen LogP contribution in [0.5, 0.6) is 0 Å². The number of rotatable bonds is 8. The number of hydrogen-bond donors (Lipinski definition) is 3. The van der Waals surface area contributed by atoms with E-state index in [9.17, 15) is 4.79 Å². The van der Waals surface area contributed by atoms with Gasteiger partial charge in [0.2, 0.25) is 0 Å². The van der Waals surface area contributed by atoms with Crippen LogP contribution in [0.3, 0.4) is 0 Å². The van der Waals surface area contributed by atoms with Crippen molar-refractivity contribution in [1.82, 2.24) is 20.3 Å². The van der Waals surface area contributed by atoms with Crippen molar-refractivity contribution in [3.05, 3.63) is 53.5 Å². The Morgan fingerprint density at radius 1 is 1.25 bits per heavy atom. The van der Waals surface area contributed by atoms with E-state index in [1.165, 1.54) is 5.56 Å². The van der Waals surface area contributed by atoms with Gasteiger partial charge in [-0.25, -0.2) is 9.97 Å². The Morgan fingerprint density at radius 3 is 2.75 bits per heavy atom. The van der Waals surface area contributed by atoms with Gasteiger partial charge in [-0.1, -0.05) is 12.1 Å². The molecular formula is C20H24N5OPS. The average molecular weight is 413 g/mol. The van der Waals surface area contributed by atoms with Gasteiger partial charge < -0.3 is 15.0 Å². The molecule has 4 rings (SSSR count). The van der Waals surface area contributed by atoms with E-state index in [4.69, 9.17) is 0 Å². The van der Waals surface area contributed by atoms with Gasteiger partial charge in [0.05, 0.1) is 11.1 Å². The molecule has 6 nitrogen and oxygen atoms in total. The second kappa shape index (κ2) is 8.50. The van der Waals surface area contributed by atoms with Crippen LogP contribution in [-0.2, 0) is 6.42 Å². The van der Waals surface area contributed by atoms with Crippen LogP contribution in [-0.4, -0.2) is 40.7 Å². The first-order chi connectivity index (χ1) is 13.6. The van der Waals surface area contributed by atoms with Crippen molar-refractivity contribution in [3.8, 4) is 0 Å². The Kier molecular flexibility index (Phi) is 5.83. The molecule has 1 saturated carbocycles. The maximum Gasteiger partial charge on any atom is 0.253 e. The number of nitrogens with one attached hydrogen (secondary N) is 3. The van der Waals surface area contributed by atoms with Crippen molar-refractivity contribution in [3.63, 3.8) is 0 Å². The van der Waals surface area contributed by atoms with Crippen LogP contribution in [0.1, 0.15) is 40.5 Å². The van der Waals surface area contributed by atoms with Gasteiger partial charge >= 0.3 is 0 Å². The molecule has 1 aliphatic rings.